The van der Waals surface area contributed by atoms with Gasteiger partial charge in [0.05, 0.1) is 5.56 Å². The molecule has 0 fully saturated rings. The number of hydrogen-bond acceptors (Lipinski definition) is 2. The average molecular weight is 374 g/mol. The van der Waals surface area contributed by atoms with E-state index in [1.165, 1.54) is 0 Å². The molecule has 0 radical (unpaired) electrons. The van der Waals surface area contributed by atoms with Gasteiger partial charge in [0.25, 0.3) is 5.91 Å². The van der Waals surface area contributed by atoms with Crippen molar-refractivity contribution in [3.63, 3.8) is 0 Å². The summed E-state index contributed by atoms with van der Waals surface area (Å²) < 4.78 is 51.9. The molecule has 0 unspecified atom stereocenters. The van der Waals surface area contributed by atoms with Crippen molar-refractivity contribution < 1.29 is 22.4 Å². The third-order valence-corrected chi connectivity index (χ3v) is 4.03. The molecule has 0 saturated heterocycles. The molecular formula is C20H14F4N2O. The lowest BCUT2D eigenvalue weighted by Crippen LogP contribution is -2.15. The number of hydrogen-bond donors (Lipinski definition) is 1. The number of aromatic nitrogens is 1. The highest BCUT2D eigenvalue weighted by Gasteiger charge is 2.34. The first-order valence-corrected chi connectivity index (χ1v) is 7.95. The first-order valence-electron chi connectivity index (χ1n) is 7.95. The summed E-state index contributed by atoms with van der Waals surface area (Å²) in [5.74, 6) is -2.18. The van der Waals surface area contributed by atoms with E-state index in [1.807, 2.05) is 6.07 Å². The van der Waals surface area contributed by atoms with E-state index < -0.39 is 23.5 Å². The van der Waals surface area contributed by atoms with Crippen molar-refractivity contribution in [2.75, 3.05) is 5.32 Å². The van der Waals surface area contributed by atoms with Crippen molar-refractivity contribution in [2.24, 2.45) is 0 Å². The van der Waals surface area contributed by atoms with Gasteiger partial charge in [-0.25, -0.2) is 4.39 Å². The molecule has 1 amide bonds. The first kappa shape index (κ1) is 18.6. The van der Waals surface area contributed by atoms with Gasteiger partial charge in [-0.05, 0) is 60.0 Å². The number of benzene rings is 2. The highest BCUT2D eigenvalue weighted by atomic mass is 19.4. The van der Waals surface area contributed by atoms with Crippen molar-refractivity contribution >= 4 is 11.6 Å². The van der Waals surface area contributed by atoms with E-state index in [1.54, 1.807) is 43.6 Å². The molecule has 3 aromatic rings. The Kier molecular flexibility index (Phi) is 4.94. The molecule has 0 saturated carbocycles. The van der Waals surface area contributed by atoms with E-state index in [-0.39, 0.29) is 5.56 Å². The standard InChI is InChI=1S/C20H14F4N2O/c1-12-2-3-14(13-6-8-25-9-7-13)11-18(12)26-19(27)15-4-5-17(21)16(10-15)20(22,23)24/h2-11H,1H3,(H,26,27). The molecule has 3 rings (SSSR count). The molecule has 0 bridgehead atoms. The molecule has 2 aromatic carbocycles. The largest absolute Gasteiger partial charge is 0.419 e. The number of alkyl halides is 3. The molecule has 0 aliphatic carbocycles. The van der Waals surface area contributed by atoms with Crippen molar-refractivity contribution in [1.29, 1.82) is 0 Å². The Bertz CT molecular complexity index is 985. The Labute approximate surface area is 152 Å². The maximum absolute atomic E-state index is 13.4. The third-order valence-electron chi connectivity index (χ3n) is 4.03. The van der Waals surface area contributed by atoms with Crippen LogP contribution in [-0.2, 0) is 6.18 Å². The second-order valence-electron chi connectivity index (χ2n) is 5.91. The van der Waals surface area contributed by atoms with E-state index in [9.17, 15) is 22.4 Å². The van der Waals surface area contributed by atoms with Gasteiger partial charge in [0.2, 0.25) is 0 Å². The molecule has 7 heteroatoms. The topological polar surface area (TPSA) is 42.0 Å². The Morgan fingerprint density at radius 2 is 1.67 bits per heavy atom. The molecular weight excluding hydrogens is 360 g/mol. The second kappa shape index (κ2) is 7.19. The molecule has 1 heterocycles. The summed E-state index contributed by atoms with van der Waals surface area (Å²) in [4.78, 5) is 16.3. The fourth-order valence-corrected chi connectivity index (χ4v) is 2.56. The second-order valence-corrected chi connectivity index (χ2v) is 5.91. The minimum Gasteiger partial charge on any atom is -0.322 e. The van der Waals surface area contributed by atoms with Gasteiger partial charge in [0.15, 0.2) is 0 Å². The predicted octanol–water partition coefficient (Wildman–Crippen LogP) is 5.47. The van der Waals surface area contributed by atoms with Gasteiger partial charge in [-0.15, -0.1) is 0 Å². The lowest BCUT2D eigenvalue weighted by Gasteiger charge is -2.13. The van der Waals surface area contributed by atoms with Gasteiger partial charge in [0.1, 0.15) is 5.82 Å². The highest BCUT2D eigenvalue weighted by molar-refractivity contribution is 6.05. The number of rotatable bonds is 3. The van der Waals surface area contributed by atoms with Crippen LogP contribution in [0.3, 0.4) is 0 Å². The number of nitrogens with one attached hydrogen (secondary N) is 1. The number of amides is 1. The van der Waals surface area contributed by atoms with E-state index in [0.29, 0.717) is 17.8 Å². The number of carbonyl (C=O) groups is 1. The quantitative estimate of drug-likeness (QED) is 0.618. The van der Waals surface area contributed by atoms with Crippen molar-refractivity contribution in [3.05, 3.63) is 83.4 Å². The van der Waals surface area contributed by atoms with Crippen LogP contribution in [0.5, 0.6) is 0 Å². The van der Waals surface area contributed by atoms with E-state index in [0.717, 1.165) is 22.8 Å². The normalized spacial score (nSPS) is 11.3. The van der Waals surface area contributed by atoms with Gasteiger partial charge in [-0.1, -0.05) is 12.1 Å². The monoisotopic (exact) mass is 374 g/mol. The number of anilines is 1. The number of nitrogens with zero attached hydrogens (tertiary/aromatic N) is 1. The predicted molar refractivity (Wildman–Crippen MR) is 93.8 cm³/mol. The first-order chi connectivity index (χ1) is 12.8. The maximum Gasteiger partial charge on any atom is 0.419 e. The zero-order valence-corrected chi connectivity index (χ0v) is 14.1. The third kappa shape index (κ3) is 4.13. The number of aryl methyl sites for hydroxylation is 1. The smallest absolute Gasteiger partial charge is 0.322 e. The molecule has 1 aromatic heterocycles. The van der Waals surface area contributed by atoms with Gasteiger partial charge in [-0.3, -0.25) is 9.78 Å². The number of halogens is 4. The molecule has 0 aliphatic rings. The Balaban J connectivity index is 1.91. The van der Waals surface area contributed by atoms with Crippen molar-refractivity contribution in [3.8, 4) is 11.1 Å². The minimum absolute atomic E-state index is 0.280. The summed E-state index contributed by atoms with van der Waals surface area (Å²) in [6.07, 6.45) is -1.62. The Hall–Kier alpha value is -3.22. The fraction of sp³-hybridized carbons (Fsp3) is 0.100. The zero-order valence-electron chi connectivity index (χ0n) is 14.1. The number of pyridine rings is 1. The molecule has 0 atom stereocenters. The lowest BCUT2D eigenvalue weighted by atomic mass is 10.0. The zero-order chi connectivity index (χ0) is 19.6. The van der Waals surface area contributed by atoms with Crippen LogP contribution in [0, 0.1) is 12.7 Å². The molecule has 0 spiro atoms. The van der Waals surface area contributed by atoms with Crippen LogP contribution in [0.15, 0.2) is 60.9 Å². The van der Waals surface area contributed by atoms with E-state index in [4.69, 9.17) is 0 Å². The summed E-state index contributed by atoms with van der Waals surface area (Å²) in [5.41, 5.74) is 1.12. The average Bonchev–Trinajstić information content (AvgIpc) is 2.63. The van der Waals surface area contributed by atoms with Crippen LogP contribution in [-0.4, -0.2) is 10.9 Å². The van der Waals surface area contributed by atoms with Gasteiger partial charge in [-0.2, -0.15) is 13.2 Å². The van der Waals surface area contributed by atoms with Gasteiger partial charge < -0.3 is 5.32 Å². The Morgan fingerprint density at radius 3 is 2.33 bits per heavy atom. The van der Waals surface area contributed by atoms with E-state index in [2.05, 4.69) is 10.3 Å². The SMILES string of the molecule is Cc1ccc(-c2ccncc2)cc1NC(=O)c1ccc(F)c(C(F)(F)F)c1. The van der Waals surface area contributed by atoms with Crippen LogP contribution < -0.4 is 5.32 Å². The van der Waals surface area contributed by atoms with Gasteiger partial charge >= 0.3 is 6.18 Å². The van der Waals surface area contributed by atoms with Gasteiger partial charge in [0, 0.05) is 23.6 Å². The molecule has 27 heavy (non-hydrogen) atoms. The molecule has 1 N–H and O–H groups in total. The summed E-state index contributed by atoms with van der Waals surface area (Å²) in [5, 5.41) is 2.59. The van der Waals surface area contributed by atoms with Crippen LogP contribution >= 0.6 is 0 Å². The van der Waals surface area contributed by atoms with Crippen LogP contribution in [0.1, 0.15) is 21.5 Å². The summed E-state index contributed by atoms with van der Waals surface area (Å²) >= 11 is 0. The maximum atomic E-state index is 13.4. The molecule has 0 aliphatic heterocycles. The van der Waals surface area contributed by atoms with Crippen molar-refractivity contribution in [1.82, 2.24) is 4.98 Å². The lowest BCUT2D eigenvalue weighted by molar-refractivity contribution is -0.140. The van der Waals surface area contributed by atoms with E-state index >= 15 is 0 Å². The molecule has 138 valence electrons. The highest BCUT2D eigenvalue weighted by Crippen LogP contribution is 2.32. The van der Waals surface area contributed by atoms with Crippen LogP contribution in [0.4, 0.5) is 23.2 Å². The van der Waals surface area contributed by atoms with Crippen molar-refractivity contribution in [2.45, 2.75) is 13.1 Å². The molecule has 3 nitrogen and oxygen atoms in total. The summed E-state index contributed by atoms with van der Waals surface area (Å²) in [7, 11) is 0. The number of carbonyl (C=O) groups excluding carboxylic acids is 1. The minimum atomic E-state index is -4.88. The summed E-state index contributed by atoms with van der Waals surface area (Å²) in [6, 6.07) is 11.1. The fourth-order valence-electron chi connectivity index (χ4n) is 2.56. The van der Waals surface area contributed by atoms with Crippen LogP contribution in [0.2, 0.25) is 0 Å². The Morgan fingerprint density at radius 1 is 0.963 bits per heavy atom. The summed E-state index contributed by atoms with van der Waals surface area (Å²) in [6.45, 7) is 1.76. The van der Waals surface area contributed by atoms with Crippen LogP contribution in [0.25, 0.3) is 11.1 Å².